The average molecular weight is 390 g/mol. The summed E-state index contributed by atoms with van der Waals surface area (Å²) >= 11 is 0. The van der Waals surface area contributed by atoms with Crippen molar-refractivity contribution in [3.8, 4) is 16.9 Å². The summed E-state index contributed by atoms with van der Waals surface area (Å²) in [6, 6.07) is 20.2. The Labute approximate surface area is 172 Å². The van der Waals surface area contributed by atoms with Gasteiger partial charge in [0.25, 0.3) is 0 Å². The van der Waals surface area contributed by atoms with Crippen molar-refractivity contribution < 1.29 is 9.13 Å². The van der Waals surface area contributed by atoms with Crippen molar-refractivity contribution in [1.82, 2.24) is 4.90 Å². The number of ether oxygens (including phenoxy) is 1. The zero-order valence-corrected chi connectivity index (χ0v) is 17.2. The van der Waals surface area contributed by atoms with E-state index in [0.717, 1.165) is 59.5 Å². The first-order valence-electron chi connectivity index (χ1n) is 10.5. The number of hydrogen-bond donors (Lipinski definition) is 0. The molecule has 0 atom stereocenters. The van der Waals surface area contributed by atoms with Crippen LogP contribution in [0.5, 0.6) is 5.75 Å². The predicted octanol–water partition coefficient (Wildman–Crippen LogP) is 6.15. The van der Waals surface area contributed by atoms with E-state index in [4.69, 9.17) is 4.74 Å². The molecule has 0 N–H and O–H groups in total. The van der Waals surface area contributed by atoms with Crippen LogP contribution >= 0.6 is 0 Å². The van der Waals surface area contributed by atoms with Gasteiger partial charge in [-0.1, -0.05) is 67.6 Å². The van der Waals surface area contributed by atoms with E-state index in [2.05, 4.69) is 24.0 Å². The molecule has 150 valence electrons. The minimum atomic E-state index is -0.0771. The van der Waals surface area contributed by atoms with Crippen molar-refractivity contribution in [2.75, 3.05) is 13.1 Å². The average Bonchev–Trinajstić information content (AvgIpc) is 2.77. The van der Waals surface area contributed by atoms with Crippen LogP contribution in [0.3, 0.4) is 0 Å². The molecule has 0 aliphatic carbocycles. The molecule has 0 radical (unpaired) electrons. The Bertz CT molecular complexity index is 969. The lowest BCUT2D eigenvalue weighted by Gasteiger charge is -2.32. The van der Waals surface area contributed by atoms with Gasteiger partial charge in [0, 0.05) is 29.8 Å². The molecule has 0 aromatic heterocycles. The maximum atomic E-state index is 15.5. The highest BCUT2D eigenvalue weighted by atomic mass is 19.1. The largest absolute Gasteiger partial charge is 0.488 e. The van der Waals surface area contributed by atoms with Gasteiger partial charge in [-0.3, -0.25) is 4.90 Å². The zero-order chi connectivity index (χ0) is 20.2. The first kappa shape index (κ1) is 19.7. The van der Waals surface area contributed by atoms with E-state index >= 15 is 4.39 Å². The third-order valence-corrected chi connectivity index (χ3v) is 5.72. The van der Waals surface area contributed by atoms with Crippen LogP contribution in [-0.2, 0) is 19.6 Å². The van der Waals surface area contributed by atoms with E-state index < -0.39 is 0 Å². The monoisotopic (exact) mass is 389 g/mol. The molecular formula is C26H28FNO. The highest BCUT2D eigenvalue weighted by Gasteiger charge is 2.28. The first-order chi connectivity index (χ1) is 14.2. The van der Waals surface area contributed by atoms with E-state index in [1.165, 1.54) is 0 Å². The maximum absolute atomic E-state index is 15.5. The van der Waals surface area contributed by atoms with Crippen LogP contribution in [0.4, 0.5) is 4.39 Å². The molecule has 1 heterocycles. The van der Waals surface area contributed by atoms with Crippen molar-refractivity contribution in [3.05, 3.63) is 88.7 Å². The van der Waals surface area contributed by atoms with Crippen LogP contribution in [0.15, 0.2) is 60.7 Å². The lowest BCUT2D eigenvalue weighted by molar-refractivity contribution is 0.241. The quantitative estimate of drug-likeness (QED) is 0.501. The fraction of sp³-hybridized carbons (Fsp3) is 0.308. The lowest BCUT2D eigenvalue weighted by atomic mass is 9.88. The molecule has 2 nitrogen and oxygen atoms in total. The van der Waals surface area contributed by atoms with Gasteiger partial charge in [-0.15, -0.1) is 0 Å². The number of nitrogens with zero attached hydrogens (tertiary/aromatic N) is 1. The molecule has 3 aromatic rings. The molecule has 3 aromatic carbocycles. The second-order valence-electron chi connectivity index (χ2n) is 7.77. The Balaban J connectivity index is 1.81. The van der Waals surface area contributed by atoms with E-state index in [-0.39, 0.29) is 5.82 Å². The van der Waals surface area contributed by atoms with Gasteiger partial charge < -0.3 is 4.74 Å². The van der Waals surface area contributed by atoms with Crippen LogP contribution in [0.1, 0.15) is 35.6 Å². The number of fused-ring (bicyclic) bond motifs is 1. The molecule has 3 heteroatoms. The van der Waals surface area contributed by atoms with Gasteiger partial charge in [-0.05, 0) is 43.0 Å². The second kappa shape index (κ2) is 8.79. The normalized spacial score (nSPS) is 13.9. The number of benzene rings is 3. The summed E-state index contributed by atoms with van der Waals surface area (Å²) in [5.74, 6) is 0.775. The molecule has 0 saturated heterocycles. The van der Waals surface area contributed by atoms with Gasteiger partial charge in [0.15, 0.2) is 0 Å². The Morgan fingerprint density at radius 2 is 1.66 bits per heavy atom. The van der Waals surface area contributed by atoms with E-state index in [1.54, 1.807) is 0 Å². The van der Waals surface area contributed by atoms with Gasteiger partial charge >= 0.3 is 0 Å². The predicted molar refractivity (Wildman–Crippen MR) is 117 cm³/mol. The van der Waals surface area contributed by atoms with Crippen molar-refractivity contribution in [1.29, 1.82) is 0 Å². The van der Waals surface area contributed by atoms with Gasteiger partial charge in [0.1, 0.15) is 18.2 Å². The molecule has 4 rings (SSSR count). The SMILES string of the molecule is CCCN1CCc2c(c(F)c(C)c(-c3ccccc3)c2OCc2ccccc2)C1. The van der Waals surface area contributed by atoms with Gasteiger partial charge in [0.05, 0.1) is 0 Å². The maximum Gasteiger partial charge on any atom is 0.131 e. The third kappa shape index (κ3) is 4.06. The smallest absolute Gasteiger partial charge is 0.131 e. The zero-order valence-electron chi connectivity index (χ0n) is 17.2. The molecular weight excluding hydrogens is 361 g/mol. The summed E-state index contributed by atoms with van der Waals surface area (Å²) < 4.78 is 21.9. The lowest BCUT2D eigenvalue weighted by Crippen LogP contribution is -2.32. The molecule has 29 heavy (non-hydrogen) atoms. The molecule has 0 saturated carbocycles. The van der Waals surface area contributed by atoms with Crippen LogP contribution in [0, 0.1) is 12.7 Å². The molecule has 0 amide bonds. The number of rotatable bonds is 6. The topological polar surface area (TPSA) is 12.5 Å². The van der Waals surface area contributed by atoms with Crippen LogP contribution in [0.2, 0.25) is 0 Å². The molecule has 1 aliphatic heterocycles. The van der Waals surface area contributed by atoms with Crippen molar-refractivity contribution in [2.45, 2.75) is 39.8 Å². The van der Waals surface area contributed by atoms with Gasteiger partial charge in [-0.25, -0.2) is 4.39 Å². The fourth-order valence-corrected chi connectivity index (χ4v) is 4.28. The Kier molecular flexibility index (Phi) is 5.96. The molecule has 0 bridgehead atoms. The number of halogens is 1. The summed E-state index contributed by atoms with van der Waals surface area (Å²) in [7, 11) is 0. The first-order valence-corrected chi connectivity index (χ1v) is 10.5. The van der Waals surface area contributed by atoms with E-state index in [9.17, 15) is 0 Å². The molecule has 0 fully saturated rings. The molecule has 0 spiro atoms. The van der Waals surface area contributed by atoms with E-state index in [1.807, 2.05) is 55.5 Å². The fourth-order valence-electron chi connectivity index (χ4n) is 4.28. The minimum absolute atomic E-state index is 0.0771. The Morgan fingerprint density at radius 1 is 0.966 bits per heavy atom. The third-order valence-electron chi connectivity index (χ3n) is 5.72. The van der Waals surface area contributed by atoms with Crippen LogP contribution in [-0.4, -0.2) is 18.0 Å². The van der Waals surface area contributed by atoms with Crippen LogP contribution < -0.4 is 4.74 Å². The van der Waals surface area contributed by atoms with E-state index in [0.29, 0.717) is 18.7 Å². The number of hydrogen-bond acceptors (Lipinski definition) is 2. The second-order valence-corrected chi connectivity index (χ2v) is 7.77. The minimum Gasteiger partial charge on any atom is -0.488 e. The standard InChI is InChI=1S/C26H28FNO/c1-3-15-28-16-14-22-23(17-28)25(27)19(2)24(21-12-8-5-9-13-21)26(22)29-18-20-10-6-4-7-11-20/h4-13H,3,14-18H2,1-2H3. The Morgan fingerprint density at radius 3 is 2.34 bits per heavy atom. The Hall–Kier alpha value is -2.65. The van der Waals surface area contributed by atoms with Crippen molar-refractivity contribution in [2.24, 2.45) is 0 Å². The highest BCUT2D eigenvalue weighted by molar-refractivity contribution is 5.77. The van der Waals surface area contributed by atoms with Gasteiger partial charge in [0.2, 0.25) is 0 Å². The molecule has 1 aliphatic rings. The van der Waals surface area contributed by atoms with Crippen molar-refractivity contribution >= 4 is 0 Å². The molecule has 0 unspecified atom stereocenters. The van der Waals surface area contributed by atoms with Crippen LogP contribution in [0.25, 0.3) is 11.1 Å². The summed E-state index contributed by atoms with van der Waals surface area (Å²) in [4.78, 5) is 2.34. The highest BCUT2D eigenvalue weighted by Crippen LogP contribution is 2.42. The summed E-state index contributed by atoms with van der Waals surface area (Å²) in [6.07, 6.45) is 1.89. The summed E-state index contributed by atoms with van der Waals surface area (Å²) in [5.41, 5.74) is 5.54. The van der Waals surface area contributed by atoms with Gasteiger partial charge in [-0.2, -0.15) is 0 Å². The summed E-state index contributed by atoms with van der Waals surface area (Å²) in [5, 5.41) is 0. The van der Waals surface area contributed by atoms with Crippen molar-refractivity contribution in [3.63, 3.8) is 0 Å². The summed E-state index contributed by atoms with van der Waals surface area (Å²) in [6.45, 7) is 7.14.